The Bertz CT molecular complexity index is 296. The highest BCUT2D eigenvalue weighted by atomic mass is 15.1. The fourth-order valence-electron chi connectivity index (χ4n) is 1.54. The van der Waals surface area contributed by atoms with Gasteiger partial charge in [-0.15, -0.1) is 0 Å². The van der Waals surface area contributed by atoms with Crippen LogP contribution in [0.4, 0.5) is 0 Å². The topological polar surface area (TPSA) is 28.0 Å². The molecular formula is C12H21N3. The van der Waals surface area contributed by atoms with E-state index in [2.05, 4.69) is 34.9 Å². The predicted octanol–water partition coefficient (Wildman–Crippen LogP) is 2.15. The Labute approximate surface area is 92.6 Å². The molecule has 0 aliphatic carbocycles. The Morgan fingerprint density at radius 1 is 1.47 bits per heavy atom. The van der Waals surface area contributed by atoms with E-state index in [9.17, 15) is 0 Å². The molecule has 84 valence electrons. The molecule has 0 unspecified atom stereocenters. The van der Waals surface area contributed by atoms with Crippen LogP contribution in [0.15, 0.2) is 21.6 Å². The molecule has 0 aromatic carbocycles. The van der Waals surface area contributed by atoms with Crippen molar-refractivity contribution in [2.24, 2.45) is 9.98 Å². The quantitative estimate of drug-likeness (QED) is 0.503. The molecule has 3 heteroatoms. The van der Waals surface area contributed by atoms with Crippen molar-refractivity contribution in [3.05, 3.63) is 11.6 Å². The first-order valence-corrected chi connectivity index (χ1v) is 5.57. The largest absolute Gasteiger partial charge is 0.302 e. The maximum atomic E-state index is 4.50. The lowest BCUT2D eigenvalue weighted by Gasteiger charge is -2.21. The molecule has 0 atom stereocenters. The average molecular weight is 207 g/mol. The van der Waals surface area contributed by atoms with Crippen molar-refractivity contribution in [3.63, 3.8) is 0 Å². The summed E-state index contributed by atoms with van der Waals surface area (Å²) in [6.45, 7) is 9.00. The summed E-state index contributed by atoms with van der Waals surface area (Å²) >= 11 is 0. The second kappa shape index (κ2) is 5.81. The zero-order valence-electron chi connectivity index (χ0n) is 10.2. The second-order valence-corrected chi connectivity index (χ2v) is 4.10. The van der Waals surface area contributed by atoms with Crippen molar-refractivity contribution in [1.29, 1.82) is 0 Å². The molecule has 1 heterocycles. The highest BCUT2D eigenvalue weighted by Gasteiger charge is 2.11. The molecule has 1 aliphatic rings. The molecule has 0 spiro atoms. The van der Waals surface area contributed by atoms with Gasteiger partial charge in [0.25, 0.3) is 0 Å². The monoisotopic (exact) mass is 207 g/mol. The van der Waals surface area contributed by atoms with Crippen molar-refractivity contribution in [2.75, 3.05) is 26.7 Å². The van der Waals surface area contributed by atoms with Gasteiger partial charge in [-0.05, 0) is 39.8 Å². The van der Waals surface area contributed by atoms with Crippen LogP contribution < -0.4 is 0 Å². The molecule has 3 nitrogen and oxygen atoms in total. The fourth-order valence-corrected chi connectivity index (χ4v) is 1.54. The third-order valence-corrected chi connectivity index (χ3v) is 2.34. The van der Waals surface area contributed by atoms with Gasteiger partial charge in [-0.1, -0.05) is 6.08 Å². The summed E-state index contributed by atoms with van der Waals surface area (Å²) in [6, 6.07) is 0. The average Bonchev–Trinajstić information content (AvgIpc) is 2.17. The minimum absolute atomic E-state index is 0.805. The van der Waals surface area contributed by atoms with Crippen LogP contribution in [0, 0.1) is 0 Å². The van der Waals surface area contributed by atoms with Crippen LogP contribution in [-0.4, -0.2) is 43.1 Å². The summed E-state index contributed by atoms with van der Waals surface area (Å²) in [7, 11) is 2.14. The molecule has 0 N–H and O–H groups in total. The van der Waals surface area contributed by atoms with Crippen molar-refractivity contribution in [3.8, 4) is 0 Å². The van der Waals surface area contributed by atoms with Crippen LogP contribution >= 0.6 is 0 Å². The van der Waals surface area contributed by atoms with E-state index in [0.29, 0.717) is 0 Å². The zero-order valence-corrected chi connectivity index (χ0v) is 10.2. The minimum Gasteiger partial charge on any atom is -0.302 e. The lowest BCUT2D eigenvalue weighted by Crippen LogP contribution is -2.26. The Hall–Kier alpha value is -0.960. The van der Waals surface area contributed by atoms with E-state index in [1.165, 1.54) is 5.57 Å². The molecule has 0 saturated carbocycles. The Kier molecular flexibility index (Phi) is 4.69. The van der Waals surface area contributed by atoms with Crippen LogP contribution in [0.25, 0.3) is 0 Å². The van der Waals surface area contributed by atoms with E-state index in [1.54, 1.807) is 0 Å². The lowest BCUT2D eigenvalue weighted by molar-refractivity contribution is 0.362. The second-order valence-electron chi connectivity index (χ2n) is 4.10. The lowest BCUT2D eigenvalue weighted by atomic mass is 10.1. The number of nitrogens with zero attached hydrogens (tertiary/aromatic N) is 3. The van der Waals surface area contributed by atoms with Gasteiger partial charge >= 0.3 is 0 Å². The molecule has 15 heavy (non-hydrogen) atoms. The van der Waals surface area contributed by atoms with Gasteiger partial charge in [-0.25, -0.2) is 4.99 Å². The first-order valence-electron chi connectivity index (χ1n) is 5.57. The van der Waals surface area contributed by atoms with Crippen molar-refractivity contribution in [1.82, 2.24) is 4.90 Å². The standard InChI is InChI=1S/C12H21N3/c1-5-13-12(14-10(2)3)11-6-8-15(4)9-7-11/h6H,5,7-9H2,1-4H3. The van der Waals surface area contributed by atoms with Gasteiger partial charge in [-0.3, -0.25) is 4.99 Å². The normalized spacial score (nSPS) is 18.7. The Morgan fingerprint density at radius 3 is 2.67 bits per heavy atom. The molecule has 1 aliphatic heterocycles. The van der Waals surface area contributed by atoms with E-state index in [-0.39, 0.29) is 0 Å². The van der Waals surface area contributed by atoms with Crippen LogP contribution in [0.5, 0.6) is 0 Å². The number of hydrogen-bond acceptors (Lipinski definition) is 2. The van der Waals surface area contributed by atoms with Crippen molar-refractivity contribution in [2.45, 2.75) is 27.2 Å². The molecular weight excluding hydrogens is 186 g/mol. The van der Waals surface area contributed by atoms with Gasteiger partial charge in [0.05, 0.1) is 0 Å². The smallest absolute Gasteiger partial charge is 0.150 e. The molecule has 0 saturated heterocycles. The maximum Gasteiger partial charge on any atom is 0.150 e. The van der Waals surface area contributed by atoms with E-state index >= 15 is 0 Å². The Morgan fingerprint density at radius 2 is 2.20 bits per heavy atom. The molecule has 0 radical (unpaired) electrons. The van der Waals surface area contributed by atoms with Gasteiger partial charge in [-0.2, -0.15) is 0 Å². The summed E-state index contributed by atoms with van der Waals surface area (Å²) in [4.78, 5) is 11.3. The Balaban J connectivity index is 2.82. The highest BCUT2D eigenvalue weighted by Crippen LogP contribution is 2.12. The van der Waals surface area contributed by atoms with Crippen LogP contribution in [-0.2, 0) is 0 Å². The number of amidine groups is 1. The number of hydrogen-bond donors (Lipinski definition) is 0. The summed E-state index contributed by atoms with van der Waals surface area (Å²) in [5.74, 6) is 0.936. The summed E-state index contributed by atoms with van der Waals surface area (Å²) in [5, 5.41) is 0. The van der Waals surface area contributed by atoms with Crippen LogP contribution in [0.3, 0.4) is 0 Å². The predicted molar refractivity (Wildman–Crippen MR) is 67.0 cm³/mol. The highest BCUT2D eigenvalue weighted by molar-refractivity contribution is 6.05. The molecule has 0 fully saturated rings. The number of likely N-dealkylation sites (N-methyl/N-ethyl adjacent to an activating group) is 1. The fraction of sp³-hybridized carbons (Fsp3) is 0.667. The first-order chi connectivity index (χ1) is 7.13. The molecule has 0 aromatic rings. The van der Waals surface area contributed by atoms with E-state index in [1.807, 2.05) is 13.8 Å². The van der Waals surface area contributed by atoms with Gasteiger partial charge in [0, 0.05) is 25.3 Å². The summed E-state index contributed by atoms with van der Waals surface area (Å²) in [5.41, 5.74) is 2.37. The van der Waals surface area contributed by atoms with Crippen LogP contribution in [0.1, 0.15) is 27.2 Å². The van der Waals surface area contributed by atoms with E-state index in [4.69, 9.17) is 0 Å². The third-order valence-electron chi connectivity index (χ3n) is 2.34. The number of rotatable bonds is 2. The van der Waals surface area contributed by atoms with E-state index < -0.39 is 0 Å². The van der Waals surface area contributed by atoms with E-state index in [0.717, 1.165) is 37.6 Å². The molecule has 0 amide bonds. The summed E-state index contributed by atoms with van der Waals surface area (Å²) in [6.07, 6.45) is 3.30. The number of aliphatic imine (C=N–C) groups is 2. The molecule has 0 bridgehead atoms. The van der Waals surface area contributed by atoms with Gasteiger partial charge in [0.1, 0.15) is 5.84 Å². The van der Waals surface area contributed by atoms with Crippen molar-refractivity contribution >= 4 is 11.5 Å². The maximum absolute atomic E-state index is 4.50. The molecule has 0 aromatic heterocycles. The SMILES string of the molecule is CCN=C(N=C(C)C)C1=CCN(C)CC1. The summed E-state index contributed by atoms with van der Waals surface area (Å²) < 4.78 is 0. The van der Waals surface area contributed by atoms with Gasteiger partial charge < -0.3 is 4.90 Å². The molecule has 1 rings (SSSR count). The van der Waals surface area contributed by atoms with Crippen molar-refractivity contribution < 1.29 is 0 Å². The zero-order chi connectivity index (χ0) is 11.3. The van der Waals surface area contributed by atoms with Gasteiger partial charge in [0.2, 0.25) is 0 Å². The first kappa shape index (κ1) is 12.1. The van der Waals surface area contributed by atoms with Gasteiger partial charge in [0.15, 0.2) is 0 Å². The minimum atomic E-state index is 0.805. The third kappa shape index (κ3) is 3.96. The van der Waals surface area contributed by atoms with Crippen LogP contribution in [0.2, 0.25) is 0 Å².